The number of thiazole rings is 1. The van der Waals surface area contributed by atoms with E-state index in [0.717, 1.165) is 10.9 Å². The van der Waals surface area contributed by atoms with Crippen LogP contribution < -0.4 is 0 Å². The molecule has 18 heavy (non-hydrogen) atoms. The molecule has 0 bridgehead atoms. The van der Waals surface area contributed by atoms with Crippen LogP contribution in [0.15, 0.2) is 42.0 Å². The van der Waals surface area contributed by atoms with E-state index >= 15 is 0 Å². The molecular weight excluding hydrogens is 312 g/mol. The van der Waals surface area contributed by atoms with Crippen LogP contribution in [0, 0.1) is 0 Å². The van der Waals surface area contributed by atoms with Crippen LogP contribution in [0.1, 0.15) is 15.2 Å². The average molecular weight is 325 g/mol. The third kappa shape index (κ3) is 3.40. The zero-order valence-corrected chi connectivity index (χ0v) is 12.2. The molecule has 2 aromatic rings. The number of benzene rings is 1. The maximum atomic E-state index is 12.3. The molecule has 1 heterocycles. The molecule has 5 heteroatoms. The van der Waals surface area contributed by atoms with Crippen molar-refractivity contribution in [3.8, 4) is 0 Å². The lowest BCUT2D eigenvalue weighted by atomic mass is 10.2. The van der Waals surface area contributed by atoms with Gasteiger partial charge in [-0.3, -0.25) is 9.78 Å². The van der Waals surface area contributed by atoms with E-state index in [-0.39, 0.29) is 5.91 Å². The summed E-state index contributed by atoms with van der Waals surface area (Å²) in [5.74, 6) is 0.0424. The number of hydrogen-bond acceptors (Lipinski definition) is 3. The molecule has 0 aliphatic heterocycles. The number of halogens is 1. The first-order valence-corrected chi connectivity index (χ1v) is 7.59. The normalized spacial score (nSPS) is 10.3. The second-order valence-electron chi connectivity index (χ2n) is 3.77. The van der Waals surface area contributed by atoms with Gasteiger partial charge in [0.1, 0.15) is 4.88 Å². The lowest BCUT2D eigenvalue weighted by Gasteiger charge is -2.21. The molecule has 0 fully saturated rings. The fourth-order valence-corrected chi connectivity index (χ4v) is 2.65. The second kappa shape index (κ2) is 6.66. The number of carbonyl (C=O) groups excluding carboxylic acids is 1. The first kappa shape index (κ1) is 13.2. The van der Waals surface area contributed by atoms with Crippen LogP contribution in [0.25, 0.3) is 0 Å². The summed E-state index contributed by atoms with van der Waals surface area (Å²) in [6.45, 7) is 1.31. The van der Waals surface area contributed by atoms with E-state index in [1.54, 1.807) is 11.7 Å². The molecule has 0 saturated carbocycles. The highest BCUT2D eigenvalue weighted by molar-refractivity contribution is 9.09. The summed E-state index contributed by atoms with van der Waals surface area (Å²) in [7, 11) is 0. The summed E-state index contributed by atoms with van der Waals surface area (Å²) in [6, 6.07) is 10.0. The first-order valence-electron chi connectivity index (χ1n) is 5.59. The number of nitrogens with zero attached hydrogens (tertiary/aromatic N) is 2. The summed E-state index contributed by atoms with van der Waals surface area (Å²) in [6.07, 6.45) is 1.62. The van der Waals surface area contributed by atoms with E-state index < -0.39 is 0 Å². The Morgan fingerprint density at radius 1 is 1.33 bits per heavy atom. The van der Waals surface area contributed by atoms with Crippen molar-refractivity contribution in [2.75, 3.05) is 11.9 Å². The third-order valence-corrected chi connectivity index (χ3v) is 3.62. The molecule has 0 saturated heterocycles. The Kier molecular flexibility index (Phi) is 4.90. The fraction of sp³-hybridized carbons (Fsp3) is 0.231. The molecule has 0 radical (unpaired) electrons. The van der Waals surface area contributed by atoms with Gasteiger partial charge in [-0.1, -0.05) is 46.3 Å². The van der Waals surface area contributed by atoms with Crippen molar-refractivity contribution in [3.63, 3.8) is 0 Å². The monoisotopic (exact) mass is 324 g/mol. The minimum absolute atomic E-state index is 0.0424. The molecule has 1 aromatic carbocycles. The molecule has 2 rings (SSSR count). The van der Waals surface area contributed by atoms with Gasteiger partial charge in [0, 0.05) is 18.4 Å². The van der Waals surface area contributed by atoms with E-state index in [4.69, 9.17) is 0 Å². The van der Waals surface area contributed by atoms with Gasteiger partial charge in [0.25, 0.3) is 5.91 Å². The second-order valence-corrected chi connectivity index (χ2v) is 5.45. The van der Waals surface area contributed by atoms with Gasteiger partial charge >= 0.3 is 0 Å². The molecule has 0 unspecified atom stereocenters. The highest BCUT2D eigenvalue weighted by Crippen LogP contribution is 2.13. The van der Waals surface area contributed by atoms with E-state index in [9.17, 15) is 4.79 Å². The van der Waals surface area contributed by atoms with Crippen LogP contribution in [0.3, 0.4) is 0 Å². The van der Waals surface area contributed by atoms with Crippen LogP contribution in [-0.2, 0) is 6.54 Å². The zero-order chi connectivity index (χ0) is 12.8. The van der Waals surface area contributed by atoms with Gasteiger partial charge in [0.2, 0.25) is 0 Å². The van der Waals surface area contributed by atoms with Gasteiger partial charge in [-0.15, -0.1) is 11.3 Å². The average Bonchev–Trinajstić information content (AvgIpc) is 2.92. The van der Waals surface area contributed by atoms with E-state index in [1.165, 1.54) is 11.3 Å². The van der Waals surface area contributed by atoms with Gasteiger partial charge in [-0.25, -0.2) is 0 Å². The molecule has 0 spiro atoms. The smallest absolute Gasteiger partial charge is 0.265 e. The Morgan fingerprint density at radius 2 is 2.11 bits per heavy atom. The molecule has 1 amide bonds. The van der Waals surface area contributed by atoms with Crippen LogP contribution in [-0.4, -0.2) is 27.7 Å². The van der Waals surface area contributed by atoms with Crippen molar-refractivity contribution in [3.05, 3.63) is 52.5 Å². The zero-order valence-electron chi connectivity index (χ0n) is 9.75. The Morgan fingerprint density at radius 3 is 2.72 bits per heavy atom. The summed E-state index contributed by atoms with van der Waals surface area (Å²) in [4.78, 5) is 18.7. The molecule has 0 N–H and O–H groups in total. The lowest BCUT2D eigenvalue weighted by Crippen LogP contribution is -2.31. The van der Waals surface area contributed by atoms with Crippen molar-refractivity contribution in [1.29, 1.82) is 0 Å². The first-order chi connectivity index (χ1) is 8.81. The predicted octanol–water partition coefficient (Wildman–Crippen LogP) is 3.18. The summed E-state index contributed by atoms with van der Waals surface area (Å²) >= 11 is 4.77. The standard InChI is InChI=1S/C13H13BrN2OS/c14-6-7-16(9-11-4-2-1-3-5-11)13(17)12-8-15-10-18-12/h1-5,8,10H,6-7,9H2. The molecule has 0 aliphatic rings. The van der Waals surface area contributed by atoms with Gasteiger partial charge in [0.15, 0.2) is 0 Å². The molecule has 1 aromatic heterocycles. The van der Waals surface area contributed by atoms with Crippen LogP contribution in [0.5, 0.6) is 0 Å². The Labute approximate surface area is 119 Å². The van der Waals surface area contributed by atoms with E-state index in [1.807, 2.05) is 35.2 Å². The number of aromatic nitrogens is 1. The van der Waals surface area contributed by atoms with Gasteiger partial charge in [-0.2, -0.15) is 0 Å². The highest BCUT2D eigenvalue weighted by atomic mass is 79.9. The van der Waals surface area contributed by atoms with Crippen molar-refractivity contribution < 1.29 is 4.79 Å². The number of carbonyl (C=O) groups is 1. The van der Waals surface area contributed by atoms with Gasteiger partial charge in [0.05, 0.1) is 11.7 Å². The molecule has 0 aliphatic carbocycles. The number of amides is 1. The quantitative estimate of drug-likeness (QED) is 0.791. The minimum Gasteiger partial charge on any atom is -0.333 e. The summed E-state index contributed by atoms with van der Waals surface area (Å²) < 4.78 is 0. The maximum absolute atomic E-state index is 12.3. The number of alkyl halides is 1. The predicted molar refractivity (Wildman–Crippen MR) is 77.1 cm³/mol. The summed E-state index contributed by atoms with van der Waals surface area (Å²) in [5, 5.41) is 0.768. The van der Waals surface area contributed by atoms with E-state index in [2.05, 4.69) is 20.9 Å². The molecule has 3 nitrogen and oxygen atoms in total. The highest BCUT2D eigenvalue weighted by Gasteiger charge is 2.16. The van der Waals surface area contributed by atoms with Gasteiger partial charge in [-0.05, 0) is 5.56 Å². The van der Waals surface area contributed by atoms with Crippen molar-refractivity contribution in [2.24, 2.45) is 0 Å². The topological polar surface area (TPSA) is 33.2 Å². The minimum atomic E-state index is 0.0424. The maximum Gasteiger partial charge on any atom is 0.265 e. The Balaban J connectivity index is 2.11. The Bertz CT molecular complexity index is 487. The van der Waals surface area contributed by atoms with Crippen LogP contribution in [0.4, 0.5) is 0 Å². The fourth-order valence-electron chi connectivity index (χ4n) is 1.64. The van der Waals surface area contributed by atoms with Crippen molar-refractivity contribution >= 4 is 33.2 Å². The summed E-state index contributed by atoms with van der Waals surface area (Å²) in [5.41, 5.74) is 2.82. The number of rotatable bonds is 5. The lowest BCUT2D eigenvalue weighted by molar-refractivity contribution is 0.0759. The van der Waals surface area contributed by atoms with Crippen molar-refractivity contribution in [2.45, 2.75) is 6.54 Å². The van der Waals surface area contributed by atoms with E-state index in [0.29, 0.717) is 18.0 Å². The number of hydrogen-bond donors (Lipinski definition) is 0. The van der Waals surface area contributed by atoms with Crippen LogP contribution in [0.2, 0.25) is 0 Å². The largest absolute Gasteiger partial charge is 0.333 e. The molecule has 94 valence electrons. The van der Waals surface area contributed by atoms with Crippen molar-refractivity contribution in [1.82, 2.24) is 9.88 Å². The molecular formula is C13H13BrN2OS. The Hall–Kier alpha value is -1.20. The third-order valence-electron chi connectivity index (χ3n) is 2.50. The SMILES string of the molecule is O=C(c1cncs1)N(CCBr)Cc1ccccc1. The van der Waals surface area contributed by atoms with Crippen LogP contribution >= 0.6 is 27.3 Å². The molecule has 0 atom stereocenters. The van der Waals surface area contributed by atoms with Gasteiger partial charge < -0.3 is 4.90 Å².